The van der Waals surface area contributed by atoms with E-state index in [1.165, 1.54) is 0 Å². The fourth-order valence-corrected chi connectivity index (χ4v) is 4.03. The minimum atomic E-state index is -1.17. The maximum absolute atomic E-state index is 12.5. The number of hydrogen-bond donors (Lipinski definition) is 3. The van der Waals surface area contributed by atoms with E-state index >= 15 is 0 Å². The van der Waals surface area contributed by atoms with Crippen LogP contribution in [0.4, 0.5) is 0 Å². The first-order valence-electron chi connectivity index (χ1n) is 12.9. The number of aliphatic hydroxyl groups excluding tert-OH is 3. The molecule has 41 heavy (non-hydrogen) atoms. The molecule has 10 nitrogen and oxygen atoms in total. The molecule has 0 saturated carbocycles. The first-order valence-corrected chi connectivity index (χ1v) is 12.9. The molecule has 0 aliphatic heterocycles. The third-order valence-corrected chi connectivity index (χ3v) is 6.18. The van der Waals surface area contributed by atoms with Crippen molar-refractivity contribution in [3.63, 3.8) is 0 Å². The molecule has 0 spiro atoms. The van der Waals surface area contributed by atoms with E-state index < -0.39 is 30.3 Å². The molecule has 0 saturated heterocycles. The van der Waals surface area contributed by atoms with Gasteiger partial charge >= 0.3 is 17.9 Å². The van der Waals surface area contributed by atoms with Gasteiger partial charge in [0.15, 0.2) is 6.29 Å². The van der Waals surface area contributed by atoms with Crippen molar-refractivity contribution >= 4 is 39.5 Å². The number of esters is 3. The van der Waals surface area contributed by atoms with Crippen LogP contribution in [0.1, 0.15) is 49.9 Å². The Labute approximate surface area is 235 Å². The van der Waals surface area contributed by atoms with Crippen LogP contribution in [0.3, 0.4) is 0 Å². The monoisotopic (exact) mass is 562 g/mol. The normalized spacial score (nSPS) is 12.6. The highest BCUT2D eigenvalue weighted by Gasteiger charge is 2.15. The largest absolute Gasteiger partial charge is 0.458 e. The minimum absolute atomic E-state index is 0.00838. The zero-order valence-electron chi connectivity index (χ0n) is 22.3. The third-order valence-electron chi connectivity index (χ3n) is 6.18. The Bertz CT molecular complexity index is 1550. The van der Waals surface area contributed by atoms with Gasteiger partial charge in [0.2, 0.25) is 0 Å². The molecule has 10 heteroatoms. The van der Waals surface area contributed by atoms with Crippen LogP contribution < -0.4 is 0 Å². The number of carbonyl (C=O) groups is 3. The number of benzene rings is 4. The Hall–Kier alpha value is -4.35. The molecule has 3 N–H and O–H groups in total. The lowest BCUT2D eigenvalue weighted by molar-refractivity contribution is -0.110. The summed E-state index contributed by atoms with van der Waals surface area (Å²) in [6.07, 6.45) is -1.78. The number of ether oxygens (including phenoxy) is 4. The molecule has 0 aliphatic carbocycles. The van der Waals surface area contributed by atoms with Crippen molar-refractivity contribution in [3.05, 3.63) is 95.1 Å². The first kappa shape index (κ1) is 29.6. The molecule has 0 bridgehead atoms. The van der Waals surface area contributed by atoms with Crippen molar-refractivity contribution in [2.24, 2.45) is 0 Å². The highest BCUT2D eigenvalue weighted by molar-refractivity contribution is 5.99. The Balaban J connectivity index is 1.29. The number of aliphatic hydroxyl groups is 3. The van der Waals surface area contributed by atoms with E-state index in [9.17, 15) is 19.5 Å². The van der Waals surface area contributed by atoms with Crippen molar-refractivity contribution in [2.45, 2.75) is 19.3 Å². The van der Waals surface area contributed by atoms with Crippen LogP contribution in [-0.4, -0.2) is 72.4 Å². The van der Waals surface area contributed by atoms with E-state index in [1.54, 1.807) is 79.7 Å². The second-order valence-corrected chi connectivity index (χ2v) is 9.22. The number of rotatable bonds is 12. The van der Waals surface area contributed by atoms with Gasteiger partial charge in [0.25, 0.3) is 0 Å². The van der Waals surface area contributed by atoms with Gasteiger partial charge < -0.3 is 34.3 Å². The Morgan fingerprint density at radius 1 is 0.659 bits per heavy atom. The van der Waals surface area contributed by atoms with Crippen LogP contribution in [0.5, 0.6) is 0 Å². The second kappa shape index (κ2) is 13.8. The van der Waals surface area contributed by atoms with Crippen LogP contribution in [-0.2, 0) is 18.9 Å². The SMILES string of the molecule is CC(CO)OC(=O)c1ccc2cc(C(=O)OCCOC(=O)c3ccc4cc(C(O)OCCO)ccc4c3)ccc2c1. The summed E-state index contributed by atoms with van der Waals surface area (Å²) in [5.41, 5.74) is 1.47. The summed E-state index contributed by atoms with van der Waals surface area (Å²) < 4.78 is 20.7. The average Bonchev–Trinajstić information content (AvgIpc) is 3.00. The third kappa shape index (κ3) is 7.65. The zero-order chi connectivity index (χ0) is 29.4. The molecular formula is C31H30O10. The van der Waals surface area contributed by atoms with Gasteiger partial charge in [0.05, 0.1) is 36.5 Å². The summed E-state index contributed by atoms with van der Waals surface area (Å²) in [6, 6.07) is 19.9. The van der Waals surface area contributed by atoms with E-state index in [0.29, 0.717) is 27.6 Å². The van der Waals surface area contributed by atoms with Crippen LogP contribution in [0, 0.1) is 0 Å². The molecule has 0 aliphatic rings. The molecule has 2 unspecified atom stereocenters. The Kier molecular flexibility index (Phi) is 9.99. The Morgan fingerprint density at radius 2 is 1.12 bits per heavy atom. The molecule has 4 rings (SSSR count). The smallest absolute Gasteiger partial charge is 0.338 e. The van der Waals surface area contributed by atoms with E-state index in [4.69, 9.17) is 29.2 Å². The molecule has 0 amide bonds. The summed E-state index contributed by atoms with van der Waals surface area (Å²) >= 11 is 0. The van der Waals surface area contributed by atoms with Gasteiger partial charge in [0, 0.05) is 5.56 Å². The van der Waals surface area contributed by atoms with Crippen molar-refractivity contribution in [3.8, 4) is 0 Å². The standard InChI is InChI=1S/C31H30O10/c1-19(18-33)41-31(37)27-9-5-22-16-26(8-4-23(22)17-27)30(36)40-13-12-39-29(35)25-7-3-20-14-24(6-2-21(20)15-25)28(34)38-11-10-32/h2-9,14-17,19,28,32-34H,10-13,18H2,1H3. The molecule has 214 valence electrons. The molecule has 0 fully saturated rings. The second-order valence-electron chi connectivity index (χ2n) is 9.22. The van der Waals surface area contributed by atoms with Gasteiger partial charge in [-0.3, -0.25) is 0 Å². The van der Waals surface area contributed by atoms with Crippen molar-refractivity contribution < 1.29 is 48.7 Å². The van der Waals surface area contributed by atoms with Gasteiger partial charge in [-0.05, 0) is 70.9 Å². The molecular weight excluding hydrogens is 532 g/mol. The lowest BCUT2D eigenvalue weighted by Gasteiger charge is -2.12. The lowest BCUT2D eigenvalue weighted by atomic mass is 10.0. The van der Waals surface area contributed by atoms with E-state index in [2.05, 4.69) is 0 Å². The summed E-state index contributed by atoms with van der Waals surface area (Å²) in [7, 11) is 0. The summed E-state index contributed by atoms with van der Waals surface area (Å²) in [6.45, 7) is 0.844. The minimum Gasteiger partial charge on any atom is -0.458 e. The van der Waals surface area contributed by atoms with Crippen LogP contribution in [0.15, 0.2) is 72.8 Å². The fraction of sp³-hybridized carbons (Fsp3) is 0.258. The van der Waals surface area contributed by atoms with E-state index in [0.717, 1.165) is 16.2 Å². The van der Waals surface area contributed by atoms with Crippen molar-refractivity contribution in [1.29, 1.82) is 0 Å². The zero-order valence-corrected chi connectivity index (χ0v) is 22.3. The summed E-state index contributed by atoms with van der Waals surface area (Å²) in [4.78, 5) is 37.2. The number of carbonyl (C=O) groups excluding carboxylic acids is 3. The van der Waals surface area contributed by atoms with Crippen LogP contribution >= 0.6 is 0 Å². The summed E-state index contributed by atoms with van der Waals surface area (Å²) in [5.74, 6) is -1.72. The van der Waals surface area contributed by atoms with Crippen molar-refractivity contribution in [1.82, 2.24) is 0 Å². The molecule has 2 atom stereocenters. The molecule has 0 aromatic heterocycles. The van der Waals surface area contributed by atoms with Crippen LogP contribution in [0.2, 0.25) is 0 Å². The molecule has 4 aromatic rings. The molecule has 0 heterocycles. The van der Waals surface area contributed by atoms with Gasteiger partial charge in [-0.1, -0.05) is 30.3 Å². The molecule has 4 aromatic carbocycles. The van der Waals surface area contributed by atoms with E-state index in [1.807, 2.05) is 0 Å². The Morgan fingerprint density at radius 3 is 1.61 bits per heavy atom. The molecule has 0 radical (unpaired) electrons. The fourth-order valence-electron chi connectivity index (χ4n) is 4.03. The lowest BCUT2D eigenvalue weighted by Crippen LogP contribution is -2.18. The van der Waals surface area contributed by atoms with Gasteiger partial charge in [-0.2, -0.15) is 0 Å². The quantitative estimate of drug-likeness (QED) is 0.101. The number of hydrogen-bond acceptors (Lipinski definition) is 10. The first-order chi connectivity index (χ1) is 19.8. The van der Waals surface area contributed by atoms with Gasteiger partial charge in [0.1, 0.15) is 19.3 Å². The highest BCUT2D eigenvalue weighted by Crippen LogP contribution is 2.23. The van der Waals surface area contributed by atoms with E-state index in [-0.39, 0.29) is 33.0 Å². The predicted molar refractivity (Wildman–Crippen MR) is 148 cm³/mol. The maximum atomic E-state index is 12.5. The summed E-state index contributed by atoms with van der Waals surface area (Å²) in [5, 5.41) is 30.9. The predicted octanol–water partition coefficient (Wildman–Crippen LogP) is 3.54. The van der Waals surface area contributed by atoms with Gasteiger partial charge in [-0.15, -0.1) is 0 Å². The van der Waals surface area contributed by atoms with Crippen LogP contribution in [0.25, 0.3) is 21.5 Å². The van der Waals surface area contributed by atoms with Gasteiger partial charge in [-0.25, -0.2) is 14.4 Å². The number of fused-ring (bicyclic) bond motifs is 2. The van der Waals surface area contributed by atoms with Crippen molar-refractivity contribution in [2.75, 3.05) is 33.0 Å². The maximum Gasteiger partial charge on any atom is 0.338 e. The average molecular weight is 563 g/mol. The topological polar surface area (TPSA) is 149 Å². The highest BCUT2D eigenvalue weighted by atomic mass is 16.6.